The predicted molar refractivity (Wildman–Crippen MR) is 82.0 cm³/mol. The summed E-state index contributed by atoms with van der Waals surface area (Å²) in [6, 6.07) is 4.19. The Morgan fingerprint density at radius 1 is 1.22 bits per heavy atom. The van der Waals surface area contributed by atoms with Crippen molar-refractivity contribution >= 4 is 21.2 Å². The first-order valence-electron chi connectivity index (χ1n) is 6.60. The average molecular weight is 255 g/mol. The van der Waals surface area contributed by atoms with Crippen LogP contribution in [0.15, 0.2) is 18.3 Å². The van der Waals surface area contributed by atoms with E-state index in [9.17, 15) is 0 Å². The van der Waals surface area contributed by atoms with E-state index in [-0.39, 0.29) is 0 Å². The minimum Gasteiger partial charge on any atom is -0.358 e. The van der Waals surface area contributed by atoms with Crippen LogP contribution >= 0.6 is 0 Å². The van der Waals surface area contributed by atoms with Crippen LogP contribution in [0.5, 0.6) is 0 Å². The van der Waals surface area contributed by atoms with Crippen LogP contribution in [0.4, 0.5) is 5.82 Å². The zero-order chi connectivity index (χ0) is 13.0. The van der Waals surface area contributed by atoms with Crippen molar-refractivity contribution in [1.29, 1.82) is 0 Å². The lowest BCUT2D eigenvalue weighted by Gasteiger charge is -2.27. The minimum absolute atomic E-state index is 1.03. The van der Waals surface area contributed by atoms with Crippen molar-refractivity contribution in [3.8, 4) is 11.5 Å². The molecule has 18 heavy (non-hydrogen) atoms. The number of hydrogen-bond acceptors (Lipinski definition) is 2. The van der Waals surface area contributed by atoms with E-state index in [0.717, 1.165) is 24.5 Å². The van der Waals surface area contributed by atoms with Gasteiger partial charge in [-0.1, -0.05) is 38.2 Å². The topological polar surface area (TPSA) is 16.1 Å². The molecule has 0 saturated carbocycles. The predicted octanol–water partition coefficient (Wildman–Crippen LogP) is 2.67. The van der Waals surface area contributed by atoms with Crippen LogP contribution in [0.2, 0.25) is 32.3 Å². The summed E-state index contributed by atoms with van der Waals surface area (Å²) in [4.78, 5) is 6.87. The Labute approximate surface area is 112 Å². The Balaban J connectivity index is 2.07. The highest BCUT2D eigenvalue weighted by molar-refractivity contribution is 6.83. The molecule has 0 aliphatic carbocycles. The molecule has 2 nitrogen and oxygen atoms in total. The van der Waals surface area contributed by atoms with Crippen molar-refractivity contribution in [1.82, 2.24) is 4.98 Å². The lowest BCUT2D eigenvalue weighted by Crippen LogP contribution is -2.32. The maximum absolute atomic E-state index is 4.53. The van der Waals surface area contributed by atoms with E-state index in [4.69, 9.17) is 0 Å². The Hall–Kier alpha value is -1.21. The van der Waals surface area contributed by atoms with Gasteiger partial charge in [0.1, 0.15) is 21.2 Å². The van der Waals surface area contributed by atoms with E-state index in [0.29, 0.717) is 0 Å². The number of aromatic nitrogens is 1. The number of pyridine rings is 1. The Kier molecular flexibility index (Phi) is 4.13. The van der Waals surface area contributed by atoms with E-state index in [2.05, 4.69) is 60.4 Å². The first kappa shape index (κ1) is 13.2. The van der Waals surface area contributed by atoms with Crippen LogP contribution in [-0.4, -0.2) is 33.4 Å². The molecule has 1 radical (unpaired) electrons. The van der Waals surface area contributed by atoms with Gasteiger partial charge in [-0.25, -0.2) is 4.98 Å². The molecule has 1 fully saturated rings. The van der Waals surface area contributed by atoms with E-state index in [1.54, 1.807) is 0 Å². The zero-order valence-corrected chi connectivity index (χ0v) is 12.5. The van der Waals surface area contributed by atoms with Crippen LogP contribution in [0, 0.1) is 11.5 Å². The SMILES string of the molecule is C[Si](C)(C)C#Cc1ccc(N2CC[B]CC2)nc1. The highest BCUT2D eigenvalue weighted by atomic mass is 28.3. The maximum atomic E-state index is 4.53. The third kappa shape index (κ3) is 3.92. The quantitative estimate of drug-likeness (QED) is 0.566. The van der Waals surface area contributed by atoms with Gasteiger partial charge in [-0.05, 0) is 12.1 Å². The molecule has 2 heterocycles. The summed E-state index contributed by atoms with van der Waals surface area (Å²) in [5.41, 5.74) is 4.40. The number of rotatable bonds is 1. The van der Waals surface area contributed by atoms with Crippen LogP contribution in [-0.2, 0) is 0 Å². The Morgan fingerprint density at radius 3 is 2.50 bits per heavy atom. The van der Waals surface area contributed by atoms with E-state index >= 15 is 0 Å². The highest BCUT2D eigenvalue weighted by Gasteiger charge is 2.12. The molecule has 1 aromatic heterocycles. The van der Waals surface area contributed by atoms with Gasteiger partial charge in [0.25, 0.3) is 0 Å². The molecule has 1 aromatic rings. The summed E-state index contributed by atoms with van der Waals surface area (Å²) in [7, 11) is 1.06. The van der Waals surface area contributed by atoms with Gasteiger partial charge in [0.15, 0.2) is 0 Å². The smallest absolute Gasteiger partial charge is 0.129 e. The molecule has 0 bridgehead atoms. The summed E-state index contributed by atoms with van der Waals surface area (Å²) < 4.78 is 0. The summed E-state index contributed by atoms with van der Waals surface area (Å²) in [5, 5.41) is 0. The third-order valence-corrected chi connectivity index (χ3v) is 3.73. The molecule has 0 unspecified atom stereocenters. The second-order valence-electron chi connectivity index (χ2n) is 5.76. The van der Waals surface area contributed by atoms with Gasteiger partial charge in [0, 0.05) is 24.8 Å². The lowest BCUT2D eigenvalue weighted by atomic mass is 9.68. The minimum atomic E-state index is -1.29. The first-order valence-corrected chi connectivity index (χ1v) is 10.1. The van der Waals surface area contributed by atoms with Crippen molar-refractivity contribution in [2.75, 3.05) is 18.0 Å². The van der Waals surface area contributed by atoms with Crippen molar-refractivity contribution in [3.05, 3.63) is 23.9 Å². The number of hydrogen-bond donors (Lipinski definition) is 0. The van der Waals surface area contributed by atoms with Gasteiger partial charge in [0.2, 0.25) is 0 Å². The monoisotopic (exact) mass is 255 g/mol. The van der Waals surface area contributed by atoms with Gasteiger partial charge in [-0.2, -0.15) is 0 Å². The van der Waals surface area contributed by atoms with Gasteiger partial charge in [-0.3, -0.25) is 0 Å². The van der Waals surface area contributed by atoms with Gasteiger partial charge >= 0.3 is 0 Å². The molecule has 0 aromatic carbocycles. The fraction of sp³-hybridized carbons (Fsp3) is 0.500. The standard InChI is InChI=1S/C14H20BN2Si/c1-18(2,3)11-6-13-4-5-14(16-12-13)17-9-7-15-8-10-17/h4-5,12H,7-10H2,1-3H3. The third-order valence-electron chi connectivity index (χ3n) is 2.86. The molecular weight excluding hydrogens is 235 g/mol. The summed E-state index contributed by atoms with van der Waals surface area (Å²) >= 11 is 0. The number of anilines is 1. The molecule has 1 aliphatic rings. The molecule has 0 spiro atoms. The molecule has 1 saturated heterocycles. The Morgan fingerprint density at radius 2 is 1.94 bits per heavy atom. The molecule has 0 N–H and O–H groups in total. The zero-order valence-electron chi connectivity index (χ0n) is 11.5. The summed E-state index contributed by atoms with van der Waals surface area (Å²) in [5.74, 6) is 4.32. The maximum Gasteiger partial charge on any atom is 0.129 e. The molecule has 0 amide bonds. The van der Waals surface area contributed by atoms with Crippen LogP contribution in [0.1, 0.15) is 5.56 Å². The number of nitrogens with zero attached hydrogens (tertiary/aromatic N) is 2. The molecule has 0 atom stereocenters. The van der Waals surface area contributed by atoms with E-state index < -0.39 is 8.07 Å². The van der Waals surface area contributed by atoms with Crippen molar-refractivity contribution in [2.45, 2.75) is 32.3 Å². The van der Waals surface area contributed by atoms with E-state index in [1.807, 2.05) is 6.20 Å². The molecule has 93 valence electrons. The molecule has 4 heteroatoms. The second-order valence-corrected chi connectivity index (χ2v) is 10.5. The summed E-state index contributed by atoms with van der Waals surface area (Å²) in [6.07, 6.45) is 4.23. The Bertz CT molecular complexity index is 447. The van der Waals surface area contributed by atoms with Crippen LogP contribution in [0.3, 0.4) is 0 Å². The summed E-state index contributed by atoms with van der Waals surface area (Å²) in [6.45, 7) is 8.95. The fourth-order valence-electron chi connectivity index (χ4n) is 1.89. The fourth-order valence-corrected chi connectivity index (χ4v) is 2.41. The van der Waals surface area contributed by atoms with Crippen molar-refractivity contribution in [3.63, 3.8) is 0 Å². The second kappa shape index (κ2) is 5.62. The van der Waals surface area contributed by atoms with Gasteiger partial charge in [-0.15, -0.1) is 5.54 Å². The lowest BCUT2D eigenvalue weighted by molar-refractivity contribution is 0.811. The average Bonchev–Trinajstić information content (AvgIpc) is 2.37. The molecule has 1 aliphatic heterocycles. The largest absolute Gasteiger partial charge is 0.358 e. The van der Waals surface area contributed by atoms with Crippen LogP contribution < -0.4 is 4.90 Å². The first-order chi connectivity index (χ1) is 8.54. The molecule has 2 rings (SSSR count). The van der Waals surface area contributed by atoms with E-state index in [1.165, 1.54) is 12.6 Å². The van der Waals surface area contributed by atoms with Crippen molar-refractivity contribution in [2.24, 2.45) is 0 Å². The van der Waals surface area contributed by atoms with Gasteiger partial charge in [0.05, 0.1) is 0 Å². The van der Waals surface area contributed by atoms with Gasteiger partial charge < -0.3 is 4.90 Å². The van der Waals surface area contributed by atoms with Crippen molar-refractivity contribution < 1.29 is 0 Å². The normalized spacial score (nSPS) is 15.6. The highest BCUT2D eigenvalue weighted by Crippen LogP contribution is 2.15. The van der Waals surface area contributed by atoms with Crippen LogP contribution in [0.25, 0.3) is 0 Å². The molecular formula is C14H20BN2Si.